The van der Waals surface area contributed by atoms with Gasteiger partial charge in [-0.2, -0.15) is 0 Å². The number of rotatable bonds is 3. The number of nitrogens with zero attached hydrogens (tertiary/aromatic N) is 1. The van der Waals surface area contributed by atoms with E-state index in [9.17, 15) is 13.6 Å². The lowest BCUT2D eigenvalue weighted by molar-refractivity contribution is 0.0643. The molecule has 4 heteroatoms. The minimum atomic E-state index is -0.340. The van der Waals surface area contributed by atoms with Crippen molar-refractivity contribution in [2.75, 3.05) is 7.05 Å². The number of halogens is 2. The van der Waals surface area contributed by atoms with Crippen LogP contribution in [0, 0.1) is 17.6 Å². The third-order valence-electron chi connectivity index (χ3n) is 6.00. The molecule has 2 aliphatic heterocycles. The maximum absolute atomic E-state index is 13.3. The van der Waals surface area contributed by atoms with Crippen molar-refractivity contribution >= 4 is 5.78 Å². The Hall–Kier alpha value is -2.07. The van der Waals surface area contributed by atoms with Crippen LogP contribution in [0.25, 0.3) is 0 Å². The molecule has 0 amide bonds. The molecule has 2 saturated heterocycles. The van der Waals surface area contributed by atoms with Crippen LogP contribution in [0.1, 0.15) is 41.1 Å². The second-order valence-corrected chi connectivity index (χ2v) is 7.25. The van der Waals surface area contributed by atoms with Crippen LogP contribution in [0.3, 0.4) is 0 Å². The minimum Gasteiger partial charge on any atom is -0.300 e. The Labute approximate surface area is 146 Å². The topological polar surface area (TPSA) is 20.3 Å². The second kappa shape index (κ2) is 6.34. The van der Waals surface area contributed by atoms with Crippen LogP contribution in [-0.2, 0) is 0 Å². The predicted octanol–water partition coefficient (Wildman–Crippen LogP) is 4.41. The van der Waals surface area contributed by atoms with Gasteiger partial charge in [0.05, 0.1) is 0 Å². The number of Topliss-reactive ketones (excluding diaryl/α,β-unsaturated/α-hetero) is 1. The molecule has 4 rings (SSSR count). The van der Waals surface area contributed by atoms with E-state index in [-0.39, 0.29) is 35.3 Å². The molecule has 0 unspecified atom stereocenters. The molecule has 0 radical (unpaired) electrons. The van der Waals surface area contributed by atoms with E-state index in [0.717, 1.165) is 24.8 Å². The highest BCUT2D eigenvalue weighted by molar-refractivity contribution is 5.99. The van der Waals surface area contributed by atoms with Crippen molar-refractivity contribution in [1.82, 2.24) is 4.90 Å². The van der Waals surface area contributed by atoms with Crippen molar-refractivity contribution in [3.05, 3.63) is 71.3 Å². The smallest absolute Gasteiger partial charge is 0.168 e. The summed E-state index contributed by atoms with van der Waals surface area (Å²) in [6.07, 6.45) is 2.98. The van der Waals surface area contributed by atoms with Crippen molar-refractivity contribution in [2.45, 2.75) is 37.3 Å². The van der Waals surface area contributed by atoms with Crippen molar-refractivity contribution < 1.29 is 13.6 Å². The van der Waals surface area contributed by atoms with E-state index in [1.54, 1.807) is 24.3 Å². The van der Waals surface area contributed by atoms with Gasteiger partial charge in [-0.1, -0.05) is 12.1 Å². The van der Waals surface area contributed by atoms with E-state index >= 15 is 0 Å². The van der Waals surface area contributed by atoms with Crippen LogP contribution in [0.5, 0.6) is 0 Å². The molecular weight excluding hydrogens is 320 g/mol. The number of piperidine rings is 1. The summed E-state index contributed by atoms with van der Waals surface area (Å²) < 4.78 is 26.6. The van der Waals surface area contributed by atoms with E-state index in [2.05, 4.69) is 11.9 Å². The third kappa shape index (κ3) is 2.89. The lowest BCUT2D eigenvalue weighted by atomic mass is 9.73. The molecule has 2 aliphatic rings. The molecule has 2 fully saturated rings. The lowest BCUT2D eigenvalue weighted by Crippen LogP contribution is -2.48. The molecule has 2 nitrogen and oxygen atoms in total. The highest BCUT2D eigenvalue weighted by Crippen LogP contribution is 2.47. The molecule has 2 aromatic carbocycles. The lowest BCUT2D eigenvalue weighted by Gasteiger charge is -2.42. The first-order valence-electron chi connectivity index (χ1n) is 8.82. The van der Waals surface area contributed by atoms with Gasteiger partial charge in [-0.25, -0.2) is 8.78 Å². The van der Waals surface area contributed by atoms with Gasteiger partial charge in [0.1, 0.15) is 11.6 Å². The zero-order valence-corrected chi connectivity index (χ0v) is 14.2. The molecular formula is C21H21F2NO. The fourth-order valence-electron chi connectivity index (χ4n) is 4.68. The standard InChI is InChI=1S/C21H21F2NO/c1-24-17-10-11-19(24)20(21(25)14-4-8-16(23)9-5-14)18(12-17)13-2-6-15(22)7-3-13/h2-9,17-20H,10-12H2,1H3/t17-,18+,19+,20+/m0/s1. The average Bonchev–Trinajstić information content (AvgIpc) is 2.85. The van der Waals surface area contributed by atoms with Gasteiger partial charge in [-0.3, -0.25) is 9.69 Å². The summed E-state index contributed by atoms with van der Waals surface area (Å²) >= 11 is 0. The number of carbonyl (C=O) groups is 1. The number of benzene rings is 2. The molecule has 2 bridgehead atoms. The van der Waals surface area contributed by atoms with Crippen molar-refractivity contribution in [1.29, 1.82) is 0 Å². The maximum atomic E-state index is 13.3. The Balaban J connectivity index is 1.72. The summed E-state index contributed by atoms with van der Waals surface area (Å²) in [5.41, 5.74) is 1.57. The highest BCUT2D eigenvalue weighted by atomic mass is 19.1. The van der Waals surface area contributed by atoms with Gasteiger partial charge in [0.15, 0.2) is 5.78 Å². The first-order chi connectivity index (χ1) is 12.0. The van der Waals surface area contributed by atoms with Gasteiger partial charge < -0.3 is 0 Å². The second-order valence-electron chi connectivity index (χ2n) is 7.25. The molecule has 130 valence electrons. The average molecular weight is 341 g/mol. The largest absolute Gasteiger partial charge is 0.300 e. The molecule has 0 aromatic heterocycles. The van der Waals surface area contributed by atoms with Crippen LogP contribution < -0.4 is 0 Å². The van der Waals surface area contributed by atoms with Gasteiger partial charge in [0, 0.05) is 23.6 Å². The molecule has 0 saturated carbocycles. The number of hydrogen-bond acceptors (Lipinski definition) is 2. The van der Waals surface area contributed by atoms with Crippen molar-refractivity contribution in [3.63, 3.8) is 0 Å². The Bertz CT molecular complexity index is 771. The van der Waals surface area contributed by atoms with Crippen molar-refractivity contribution in [3.8, 4) is 0 Å². The van der Waals surface area contributed by atoms with Gasteiger partial charge in [-0.05, 0) is 74.2 Å². The van der Waals surface area contributed by atoms with Gasteiger partial charge in [-0.15, -0.1) is 0 Å². The van der Waals surface area contributed by atoms with Crippen LogP contribution in [0.2, 0.25) is 0 Å². The van der Waals surface area contributed by atoms with E-state index in [0.29, 0.717) is 11.6 Å². The van der Waals surface area contributed by atoms with E-state index in [1.807, 2.05) is 0 Å². The predicted molar refractivity (Wildman–Crippen MR) is 92.6 cm³/mol. The SMILES string of the molecule is CN1[C@H]2CC[C@@H]1[C@H](C(=O)c1ccc(F)cc1)[C@@H](c1ccc(F)cc1)C2. The number of hydrogen-bond donors (Lipinski definition) is 0. The number of carbonyl (C=O) groups excluding carboxylic acids is 1. The van der Waals surface area contributed by atoms with Gasteiger partial charge in [0.25, 0.3) is 0 Å². The maximum Gasteiger partial charge on any atom is 0.168 e. The molecule has 0 spiro atoms. The molecule has 2 aromatic rings. The fraction of sp³-hybridized carbons (Fsp3) is 0.381. The molecule has 4 atom stereocenters. The molecule has 0 N–H and O–H groups in total. The summed E-state index contributed by atoms with van der Waals surface area (Å²) in [6, 6.07) is 13.0. The summed E-state index contributed by atoms with van der Waals surface area (Å²) in [7, 11) is 2.09. The van der Waals surface area contributed by atoms with Crippen LogP contribution in [0.4, 0.5) is 8.78 Å². The summed E-state index contributed by atoms with van der Waals surface area (Å²) in [4.78, 5) is 15.6. The Kier molecular flexibility index (Phi) is 4.16. The van der Waals surface area contributed by atoms with E-state index in [4.69, 9.17) is 0 Å². The van der Waals surface area contributed by atoms with E-state index in [1.165, 1.54) is 24.3 Å². The van der Waals surface area contributed by atoms with Crippen molar-refractivity contribution in [2.24, 2.45) is 5.92 Å². The third-order valence-corrected chi connectivity index (χ3v) is 6.00. The fourth-order valence-corrected chi connectivity index (χ4v) is 4.68. The van der Waals surface area contributed by atoms with Crippen LogP contribution in [0.15, 0.2) is 48.5 Å². The Morgan fingerprint density at radius 3 is 2.20 bits per heavy atom. The minimum absolute atomic E-state index is 0.0616. The van der Waals surface area contributed by atoms with Gasteiger partial charge in [0.2, 0.25) is 0 Å². The zero-order valence-electron chi connectivity index (χ0n) is 14.2. The monoisotopic (exact) mass is 341 g/mol. The first-order valence-corrected chi connectivity index (χ1v) is 8.82. The van der Waals surface area contributed by atoms with Crippen LogP contribution in [-0.4, -0.2) is 29.8 Å². The molecule has 0 aliphatic carbocycles. The Morgan fingerprint density at radius 1 is 0.960 bits per heavy atom. The summed E-state index contributed by atoms with van der Waals surface area (Å²) in [6.45, 7) is 0. The first kappa shape index (κ1) is 16.4. The highest BCUT2D eigenvalue weighted by Gasteiger charge is 2.48. The quantitative estimate of drug-likeness (QED) is 0.771. The van der Waals surface area contributed by atoms with Crippen LogP contribution >= 0.6 is 0 Å². The zero-order chi connectivity index (χ0) is 17.6. The summed E-state index contributed by atoms with van der Waals surface area (Å²) in [5, 5.41) is 0. The number of fused-ring (bicyclic) bond motifs is 2. The molecule has 25 heavy (non-hydrogen) atoms. The number of ketones is 1. The summed E-state index contributed by atoms with van der Waals surface area (Å²) in [5.74, 6) is -0.646. The normalized spacial score (nSPS) is 28.9. The molecule has 2 heterocycles. The van der Waals surface area contributed by atoms with E-state index < -0.39 is 0 Å². The Morgan fingerprint density at radius 2 is 1.56 bits per heavy atom. The van der Waals surface area contributed by atoms with Gasteiger partial charge >= 0.3 is 0 Å².